The molecule has 1 heterocycles. The lowest BCUT2D eigenvalue weighted by Crippen LogP contribution is -1.95. The van der Waals surface area contributed by atoms with Crippen molar-refractivity contribution in [3.8, 4) is 17.2 Å². The Labute approximate surface area is 158 Å². The van der Waals surface area contributed by atoms with E-state index in [2.05, 4.69) is 4.99 Å². The minimum Gasteiger partial charge on any atom is -0.505 e. The zero-order valence-corrected chi connectivity index (χ0v) is 16.3. The molecular formula is C22H35NO3. The number of rotatable bonds is 1. The summed E-state index contributed by atoms with van der Waals surface area (Å²) in [4.78, 5) is 4.40. The van der Waals surface area contributed by atoms with Crippen LogP contribution in [-0.4, -0.2) is 23.5 Å². The maximum absolute atomic E-state index is 10.6. The average molecular weight is 362 g/mol. The van der Waals surface area contributed by atoms with E-state index in [1.165, 1.54) is 71.0 Å². The summed E-state index contributed by atoms with van der Waals surface area (Å²) in [5.74, 6) is 0.583. The number of aliphatic imine (C=N–C) groups is 1. The number of nitrogens with zero attached hydrogens (tertiary/aromatic N) is 1. The van der Waals surface area contributed by atoms with Gasteiger partial charge in [-0.3, -0.25) is 4.99 Å². The van der Waals surface area contributed by atoms with Gasteiger partial charge in [-0.2, -0.15) is 0 Å². The summed E-state index contributed by atoms with van der Waals surface area (Å²) in [6, 6.07) is 1.50. The average Bonchev–Trinajstić information content (AvgIpc) is 2.63. The summed E-state index contributed by atoms with van der Waals surface area (Å²) < 4.78 is 5.32. The molecule has 0 amide bonds. The third kappa shape index (κ3) is 6.54. The molecule has 0 unspecified atom stereocenters. The molecule has 4 heteroatoms. The van der Waals surface area contributed by atoms with Crippen LogP contribution in [0.15, 0.2) is 11.1 Å². The molecule has 1 aromatic rings. The van der Waals surface area contributed by atoms with Gasteiger partial charge in [0.25, 0.3) is 0 Å². The molecule has 2 N–H and O–H groups in total. The quantitative estimate of drug-likeness (QED) is 0.566. The van der Waals surface area contributed by atoms with Crippen LogP contribution in [0.2, 0.25) is 0 Å². The third-order valence-electron chi connectivity index (χ3n) is 5.25. The molecule has 26 heavy (non-hydrogen) atoms. The van der Waals surface area contributed by atoms with E-state index in [-0.39, 0.29) is 11.5 Å². The molecule has 0 saturated carbocycles. The fourth-order valence-electron chi connectivity index (χ4n) is 3.71. The van der Waals surface area contributed by atoms with E-state index in [0.29, 0.717) is 23.4 Å². The first-order valence-electron chi connectivity index (χ1n) is 10.4. The number of ether oxygens (including phenoxy) is 1. The van der Waals surface area contributed by atoms with Gasteiger partial charge in [-0.1, -0.05) is 64.2 Å². The molecule has 0 atom stereocenters. The van der Waals surface area contributed by atoms with Gasteiger partial charge < -0.3 is 14.9 Å². The van der Waals surface area contributed by atoms with Crippen LogP contribution in [0, 0.1) is 0 Å². The molecule has 146 valence electrons. The molecule has 4 nitrogen and oxygen atoms in total. The van der Waals surface area contributed by atoms with Gasteiger partial charge in [0, 0.05) is 17.8 Å². The van der Waals surface area contributed by atoms with Crippen molar-refractivity contribution >= 4 is 11.9 Å². The zero-order valence-electron chi connectivity index (χ0n) is 16.3. The van der Waals surface area contributed by atoms with Crippen LogP contribution in [0.3, 0.4) is 0 Å². The van der Waals surface area contributed by atoms with E-state index in [1.54, 1.807) is 0 Å². The minimum absolute atomic E-state index is 0.0540. The van der Waals surface area contributed by atoms with Gasteiger partial charge in [-0.25, -0.2) is 0 Å². The predicted molar refractivity (Wildman–Crippen MR) is 108 cm³/mol. The first-order valence-corrected chi connectivity index (χ1v) is 10.4. The SMILES string of the molecule is COc1c(O)cc2c(O)c1CCCCCCCCCCCCCCC=N2. The number of phenolic OH excluding ortho intramolecular Hbond substituents is 2. The van der Waals surface area contributed by atoms with Crippen molar-refractivity contribution in [1.29, 1.82) is 0 Å². The van der Waals surface area contributed by atoms with Crippen molar-refractivity contribution in [3.05, 3.63) is 11.6 Å². The highest BCUT2D eigenvalue weighted by atomic mass is 16.5. The fraction of sp³-hybridized carbons (Fsp3) is 0.682. The third-order valence-corrected chi connectivity index (χ3v) is 5.25. The lowest BCUT2D eigenvalue weighted by atomic mass is 10.0. The van der Waals surface area contributed by atoms with Gasteiger partial charge in [0.15, 0.2) is 11.5 Å². The van der Waals surface area contributed by atoms with Crippen molar-refractivity contribution in [3.63, 3.8) is 0 Å². The molecule has 1 aliphatic rings. The Morgan fingerprint density at radius 2 is 1.35 bits per heavy atom. The van der Waals surface area contributed by atoms with Crippen LogP contribution in [0.25, 0.3) is 0 Å². The Balaban J connectivity index is 2.09. The number of fused-ring (bicyclic) bond motifs is 2. The molecule has 0 spiro atoms. The van der Waals surface area contributed by atoms with Gasteiger partial charge in [0.1, 0.15) is 11.4 Å². The van der Waals surface area contributed by atoms with E-state index >= 15 is 0 Å². The standard InChI is InChI=1S/C22H35NO3/c1-26-22-18-15-13-11-9-7-5-3-2-4-6-8-10-12-14-16-23-19(21(18)25)17-20(22)24/h16-17,24-25H,2-15H2,1H3. The molecule has 0 aromatic heterocycles. The van der Waals surface area contributed by atoms with Crippen LogP contribution in [0.4, 0.5) is 5.69 Å². The number of phenols is 2. The summed E-state index contributed by atoms with van der Waals surface area (Å²) in [6.07, 6.45) is 18.5. The second-order valence-corrected chi connectivity index (χ2v) is 7.37. The minimum atomic E-state index is 0.0540. The van der Waals surface area contributed by atoms with E-state index in [1.807, 2.05) is 6.21 Å². The Hall–Kier alpha value is -1.71. The van der Waals surface area contributed by atoms with Crippen molar-refractivity contribution in [1.82, 2.24) is 0 Å². The summed E-state index contributed by atoms with van der Waals surface area (Å²) in [6.45, 7) is 0. The van der Waals surface area contributed by atoms with Crippen molar-refractivity contribution < 1.29 is 14.9 Å². The van der Waals surface area contributed by atoms with Crippen LogP contribution in [-0.2, 0) is 6.42 Å². The number of aromatic hydroxyl groups is 2. The van der Waals surface area contributed by atoms with Gasteiger partial charge in [-0.15, -0.1) is 0 Å². The Bertz CT molecular complexity index is 569. The molecule has 2 rings (SSSR count). The molecular weight excluding hydrogens is 326 g/mol. The van der Waals surface area contributed by atoms with Crippen molar-refractivity contribution in [2.75, 3.05) is 7.11 Å². The summed E-state index contributed by atoms with van der Waals surface area (Å²) in [7, 11) is 1.53. The molecule has 0 saturated heterocycles. The number of hydrogen-bond donors (Lipinski definition) is 2. The van der Waals surface area contributed by atoms with Crippen molar-refractivity contribution in [2.24, 2.45) is 4.99 Å². The highest BCUT2D eigenvalue weighted by molar-refractivity contribution is 5.71. The lowest BCUT2D eigenvalue weighted by molar-refractivity contribution is 0.362. The number of hydrogen-bond acceptors (Lipinski definition) is 4. The van der Waals surface area contributed by atoms with Gasteiger partial charge >= 0.3 is 0 Å². The van der Waals surface area contributed by atoms with Crippen LogP contribution in [0.5, 0.6) is 17.2 Å². The summed E-state index contributed by atoms with van der Waals surface area (Å²) in [5, 5.41) is 20.8. The molecule has 0 aliphatic carbocycles. The predicted octanol–water partition coefficient (Wildman–Crippen LogP) is 6.44. The first-order chi connectivity index (χ1) is 12.7. The summed E-state index contributed by atoms with van der Waals surface area (Å²) >= 11 is 0. The maximum atomic E-state index is 10.6. The zero-order chi connectivity index (χ0) is 18.6. The number of methoxy groups -OCH3 is 1. The van der Waals surface area contributed by atoms with E-state index < -0.39 is 0 Å². The monoisotopic (exact) mass is 361 g/mol. The van der Waals surface area contributed by atoms with Crippen LogP contribution < -0.4 is 4.74 Å². The molecule has 1 aromatic carbocycles. The fourth-order valence-corrected chi connectivity index (χ4v) is 3.71. The molecule has 0 fully saturated rings. The Morgan fingerprint density at radius 1 is 0.808 bits per heavy atom. The van der Waals surface area contributed by atoms with Gasteiger partial charge in [-0.05, 0) is 25.7 Å². The highest BCUT2D eigenvalue weighted by Gasteiger charge is 2.17. The van der Waals surface area contributed by atoms with E-state index in [9.17, 15) is 10.2 Å². The van der Waals surface area contributed by atoms with Gasteiger partial charge in [0.05, 0.1) is 7.11 Å². The van der Waals surface area contributed by atoms with Crippen LogP contribution in [0.1, 0.15) is 89.0 Å². The summed E-state index contributed by atoms with van der Waals surface area (Å²) in [5.41, 5.74) is 1.12. The molecule has 2 bridgehead atoms. The second-order valence-electron chi connectivity index (χ2n) is 7.37. The first kappa shape index (κ1) is 20.6. The van der Waals surface area contributed by atoms with Gasteiger partial charge in [0.2, 0.25) is 0 Å². The van der Waals surface area contributed by atoms with Crippen LogP contribution >= 0.6 is 0 Å². The maximum Gasteiger partial charge on any atom is 0.167 e. The topological polar surface area (TPSA) is 62.0 Å². The Kier molecular flexibility index (Phi) is 9.36. The number of benzene rings is 1. The Morgan fingerprint density at radius 3 is 1.92 bits per heavy atom. The van der Waals surface area contributed by atoms with Crippen molar-refractivity contribution in [2.45, 2.75) is 89.9 Å². The normalized spacial score (nSPS) is 18.5. The van der Waals surface area contributed by atoms with E-state index in [0.717, 1.165) is 25.7 Å². The smallest absolute Gasteiger partial charge is 0.167 e. The largest absolute Gasteiger partial charge is 0.505 e. The molecule has 0 radical (unpaired) electrons. The lowest BCUT2D eigenvalue weighted by Gasteiger charge is -2.14. The second kappa shape index (κ2) is 11.8. The highest BCUT2D eigenvalue weighted by Crippen LogP contribution is 2.44. The van der Waals surface area contributed by atoms with E-state index in [4.69, 9.17) is 4.74 Å². The molecule has 1 aliphatic heterocycles.